The molecule has 0 radical (unpaired) electrons. The first-order valence-corrected chi connectivity index (χ1v) is 46.7. The summed E-state index contributed by atoms with van der Waals surface area (Å²) in [5, 5.41) is 62.1. The lowest BCUT2D eigenvalue weighted by atomic mass is 9.95. The first kappa shape index (κ1) is 101. The largest absolute Gasteiger partial charge is 0.466 e. The molecule has 28 nitrogen and oxygen atoms in total. The van der Waals surface area contributed by atoms with Crippen molar-refractivity contribution in [3.05, 3.63) is 248 Å². The van der Waals surface area contributed by atoms with Crippen LogP contribution >= 0.6 is 115 Å². The van der Waals surface area contributed by atoms with Crippen molar-refractivity contribution in [3.63, 3.8) is 0 Å². The molecule has 133 heavy (non-hydrogen) atoms. The Kier molecular flexibility index (Phi) is 33.8. The van der Waals surface area contributed by atoms with Crippen LogP contribution in [0.25, 0.3) is 0 Å². The Morgan fingerprint density at radius 2 is 0.669 bits per heavy atom. The van der Waals surface area contributed by atoms with E-state index in [9.17, 15) is 79.1 Å². The number of amidine groups is 4. The highest BCUT2D eigenvalue weighted by atomic mass is 35.5. The van der Waals surface area contributed by atoms with Crippen molar-refractivity contribution in [1.82, 2.24) is 60.8 Å². The highest BCUT2D eigenvalue weighted by molar-refractivity contribution is 7.12. The molecule has 16 rings (SSSR count). The van der Waals surface area contributed by atoms with E-state index in [-0.39, 0.29) is 72.4 Å². The predicted molar refractivity (Wildman–Crippen MR) is 487 cm³/mol. The second kappa shape index (κ2) is 44.4. The maximum absolute atomic E-state index is 14.2. The van der Waals surface area contributed by atoms with Gasteiger partial charge in [-0.15, -0.1) is 45.3 Å². The first-order valence-electron chi connectivity index (χ1n) is 40.9. The first-order chi connectivity index (χ1) is 63.5. The zero-order valence-electron chi connectivity index (χ0n) is 70.7. The van der Waals surface area contributed by atoms with Gasteiger partial charge in [-0.25, -0.2) is 78.6 Å². The number of aromatic nitrogens is 4. The zero-order valence-corrected chi connectivity index (χ0v) is 78.5. The Labute approximate surface area is 801 Å². The van der Waals surface area contributed by atoms with Crippen LogP contribution in [-0.4, -0.2) is 261 Å². The van der Waals surface area contributed by atoms with Crippen LogP contribution in [0.2, 0.25) is 30.1 Å². The van der Waals surface area contributed by atoms with Crippen LogP contribution in [0.3, 0.4) is 0 Å². The third-order valence-corrected chi connectivity index (χ3v) is 27.0. The number of rotatable bonds is 26. The van der Waals surface area contributed by atoms with Gasteiger partial charge in [0.05, 0.1) is 102 Å². The van der Waals surface area contributed by atoms with E-state index in [4.69, 9.17) is 98.5 Å². The fourth-order valence-corrected chi connectivity index (χ4v) is 20.1. The van der Waals surface area contributed by atoms with E-state index >= 15 is 0 Å². The molecule has 8 aliphatic rings. The second-order valence-corrected chi connectivity index (χ2v) is 37.2. The van der Waals surface area contributed by atoms with E-state index in [1.165, 1.54) is 97.4 Å². The Morgan fingerprint density at radius 3 is 0.917 bits per heavy atom. The van der Waals surface area contributed by atoms with Gasteiger partial charge in [0.25, 0.3) is 23.7 Å². The van der Waals surface area contributed by atoms with Gasteiger partial charge in [0.2, 0.25) is 0 Å². The molecule has 4 aromatic heterocycles. The number of nitrogens with one attached hydrogen (secondary N) is 4. The number of methoxy groups -OCH3 is 2. The number of nitrogens with zero attached hydrogens (tertiary/aromatic N) is 12. The Bertz CT molecular complexity index is 5640. The fraction of sp³-hybridized carbons (Fsp3) is 0.395. The number of alkyl halides is 8. The minimum atomic E-state index is -2.97. The lowest BCUT2D eigenvalue weighted by Crippen LogP contribution is -2.42. The topological polar surface area (TPSA) is 348 Å². The normalized spacial score (nSPS) is 22.7. The van der Waals surface area contributed by atoms with Crippen LogP contribution in [0.1, 0.15) is 106 Å². The van der Waals surface area contributed by atoms with Gasteiger partial charge in [0.1, 0.15) is 30.0 Å². The van der Waals surface area contributed by atoms with Crippen molar-refractivity contribution < 1.29 is 98.1 Å². The zero-order chi connectivity index (χ0) is 95.5. The van der Waals surface area contributed by atoms with Gasteiger partial charge in [0.15, 0.2) is 43.4 Å². The summed E-state index contributed by atoms with van der Waals surface area (Å²) in [6.07, 6.45) is 4.54. The summed E-state index contributed by atoms with van der Waals surface area (Å²) in [5.41, 5.74) is 3.77. The van der Waals surface area contributed by atoms with E-state index in [1.807, 2.05) is 0 Å². The van der Waals surface area contributed by atoms with Gasteiger partial charge in [-0.3, -0.25) is 39.6 Å². The van der Waals surface area contributed by atoms with Gasteiger partial charge >= 0.3 is 23.9 Å². The van der Waals surface area contributed by atoms with Crippen LogP contribution in [0.4, 0.5) is 39.5 Å². The molecular weight excluding hydrogens is 1960 g/mol. The van der Waals surface area contributed by atoms with E-state index in [0.29, 0.717) is 108 Å². The molecule has 0 amide bonds. The molecule has 4 saturated heterocycles. The number of benzene rings is 4. The molecule has 8 aromatic rings. The van der Waals surface area contributed by atoms with Crippen molar-refractivity contribution in [2.75, 3.05) is 106 Å². The monoisotopic (exact) mass is 2040 g/mol. The number of likely N-dealkylation sites (tertiary alicyclic amines) is 4. The number of aliphatic imine (C=N–C) groups is 4. The number of aliphatic hydroxyl groups excluding tert-OH is 4. The molecule has 0 bridgehead atoms. The lowest BCUT2D eigenvalue weighted by molar-refractivity contribution is -0.139. The molecule has 8 N–H and O–H groups in total. The molecular formula is C86H85Cl6F9N16O12S4. The number of halogens is 15. The number of carbonyl (C=O) groups excluding carboxylic acids is 4. The van der Waals surface area contributed by atoms with Gasteiger partial charge in [-0.2, -0.15) is 0 Å². The van der Waals surface area contributed by atoms with Crippen LogP contribution in [0.5, 0.6) is 0 Å². The van der Waals surface area contributed by atoms with Crippen LogP contribution in [0, 0.1) is 5.82 Å². The summed E-state index contributed by atoms with van der Waals surface area (Å²) < 4.78 is 147. The van der Waals surface area contributed by atoms with E-state index < -0.39 is 180 Å². The van der Waals surface area contributed by atoms with Crippen LogP contribution < -0.4 is 21.3 Å². The molecule has 47 heteroatoms. The Hall–Kier alpha value is -9.09. The smallest absolute Gasteiger partial charge is 0.338 e. The molecule has 4 aromatic carbocycles. The fourth-order valence-electron chi connectivity index (χ4n) is 16.2. The maximum Gasteiger partial charge on any atom is 0.338 e. The standard InChI is InChI=1S/C22H22Cl2F2N4O3S.C22H23ClF2N4O3S.C21H20Cl2F2N4O3S.C21H20ClF3N4O3S/c1-2-33-21(32)17-16(9-30-11-22(25,26)8-13(30)10-31)28-19(20-27-5-6-34-20)29-18(17)14-4-3-12(23)7-15(14)24;1-2-32-21(31)17-16(10-29-12-22(24,25)9-13(29)11-30)27-19(20-26-7-8-33-20)28-18(17)14-5-3-4-6-15(14)23;1-32-20(31)16-15(8-29-10-21(24,25)7-12(29)9-30)27-18(19-26-4-5-33-19)28-17(16)13-3-2-11(22)6-14(13)23;1-32-20(31)16-15(8-29-10-21(24,25)7-12(29)9-30)27-18(19-26-4-5-33-19)28-17(16)13-3-2-11(23)6-14(13)22/h3-7,13,18,31H,2,8-11H2,1H3,(H,28,29);3-8,13,18,30H,2,9-12H2,1H3,(H,27,28);2*2-6,12,17,30H,7-10H2,1H3,(H,27,28)/t2*13-,18+;2*12-,17+/m1111/s1. The number of hydrogen-bond donors (Lipinski definition) is 8. The molecule has 12 heterocycles. The highest BCUT2D eigenvalue weighted by Gasteiger charge is 2.51. The molecule has 710 valence electrons. The summed E-state index contributed by atoms with van der Waals surface area (Å²) in [5.74, 6) is -13.6. The molecule has 0 aliphatic carbocycles. The summed E-state index contributed by atoms with van der Waals surface area (Å²) in [6, 6.07) is 13.8. The number of ether oxygens (including phenoxy) is 4. The second-order valence-electron chi connectivity index (χ2n) is 31.1. The molecule has 8 atom stereocenters. The minimum Gasteiger partial charge on any atom is -0.466 e. The number of thiazole rings is 4. The summed E-state index contributed by atoms with van der Waals surface area (Å²) in [7, 11) is 2.42. The molecule has 0 saturated carbocycles. The molecule has 0 spiro atoms. The Balaban J connectivity index is 0.000000151. The lowest BCUT2D eigenvalue weighted by Gasteiger charge is -2.31. The Morgan fingerprint density at radius 1 is 0.398 bits per heavy atom. The summed E-state index contributed by atoms with van der Waals surface area (Å²) in [6.45, 7) is -0.589. The third kappa shape index (κ3) is 24.5. The van der Waals surface area contributed by atoms with Crippen molar-refractivity contribution in [3.8, 4) is 0 Å². The van der Waals surface area contributed by atoms with Crippen molar-refractivity contribution in [2.24, 2.45) is 20.0 Å². The van der Waals surface area contributed by atoms with Crippen molar-refractivity contribution in [1.29, 1.82) is 0 Å². The molecule has 8 aliphatic heterocycles. The van der Waals surface area contributed by atoms with Crippen molar-refractivity contribution in [2.45, 2.75) is 112 Å². The summed E-state index contributed by atoms with van der Waals surface area (Å²) in [4.78, 5) is 93.5. The van der Waals surface area contributed by atoms with Crippen molar-refractivity contribution >= 4 is 162 Å². The number of carbonyl (C=O) groups is 4. The maximum atomic E-state index is 14.2. The van der Waals surface area contributed by atoms with Gasteiger partial charge in [-0.05, 0) is 56.3 Å². The molecule has 4 fully saturated rings. The van der Waals surface area contributed by atoms with Gasteiger partial charge in [-0.1, -0.05) is 106 Å². The SMILES string of the molecule is CCOC(=O)C1=C(CN2CC(F)(F)C[C@@H]2CO)NC(c2nccs2)=N[C@H]1c1ccc(Cl)cc1Cl.CCOC(=O)C1=C(CN2CC(F)(F)C[C@@H]2CO)NC(c2nccs2)=N[C@H]1c1ccccc1Cl.COC(=O)C1=C(CN2CC(F)(F)C[C@@H]2CO)NC(c2nccs2)=N[C@H]1c1ccc(Cl)cc1Cl.COC(=O)C1=C(CN2CC(F)(F)C[C@@H]2CO)NC(c2nccs2)=N[C@H]1c1ccc(F)cc1Cl. The van der Waals surface area contributed by atoms with Crippen LogP contribution in [-0.2, 0) is 38.1 Å². The van der Waals surface area contributed by atoms with E-state index in [0.717, 1.165) is 6.07 Å². The van der Waals surface area contributed by atoms with Crippen LogP contribution in [0.15, 0.2) is 190 Å². The van der Waals surface area contributed by atoms with E-state index in [2.05, 4.69) is 51.2 Å². The van der Waals surface area contributed by atoms with Gasteiger partial charge in [0, 0.05) is 198 Å². The molecule has 0 unspecified atom stereocenters. The average Bonchev–Trinajstić information content (AvgIpc) is 1.39. The average molecular weight is 2050 g/mol. The predicted octanol–water partition coefficient (Wildman–Crippen LogP) is 14.3. The number of esters is 4. The minimum absolute atomic E-state index is 0.0275. The van der Waals surface area contributed by atoms with Gasteiger partial charge < -0.3 is 60.6 Å². The third-order valence-electron chi connectivity index (χ3n) is 22.0. The number of aliphatic hydroxyl groups is 4. The number of hydrogen-bond acceptors (Lipinski definition) is 32. The quantitative estimate of drug-likeness (QED) is 0.0142. The van der Waals surface area contributed by atoms with E-state index in [1.54, 1.807) is 115 Å². The summed E-state index contributed by atoms with van der Waals surface area (Å²) >= 11 is 43.1. The highest BCUT2D eigenvalue weighted by Crippen LogP contribution is 2.46.